The van der Waals surface area contributed by atoms with E-state index >= 15 is 0 Å². The number of anilines is 1. The van der Waals surface area contributed by atoms with Gasteiger partial charge < -0.3 is 5.73 Å². The van der Waals surface area contributed by atoms with E-state index in [9.17, 15) is 0 Å². The fourth-order valence-corrected chi connectivity index (χ4v) is 2.63. The Labute approximate surface area is 91.0 Å². The summed E-state index contributed by atoms with van der Waals surface area (Å²) in [5.41, 5.74) is 7.42. The Morgan fingerprint density at radius 3 is 3.08 bits per heavy atom. The van der Waals surface area contributed by atoms with E-state index in [-0.39, 0.29) is 0 Å². The van der Waals surface area contributed by atoms with E-state index in [2.05, 4.69) is 48.7 Å². The second-order valence-corrected chi connectivity index (χ2v) is 4.43. The van der Waals surface area contributed by atoms with Gasteiger partial charge in [-0.1, -0.05) is 0 Å². The largest absolute Gasteiger partial charge is 0.396 e. The van der Waals surface area contributed by atoms with Crippen LogP contribution in [0.4, 0.5) is 5.69 Å². The van der Waals surface area contributed by atoms with Gasteiger partial charge in [0.1, 0.15) is 0 Å². The molecule has 0 radical (unpaired) electrons. The standard InChI is InChI=1S/C7H5BrIN3/c8-4-1-5(9)3-2-11-12-7(3)6(4)10/h1-2H,10H2,(H,11,12). The van der Waals surface area contributed by atoms with Crippen molar-refractivity contribution in [2.24, 2.45) is 0 Å². The van der Waals surface area contributed by atoms with Crippen LogP contribution in [0.1, 0.15) is 0 Å². The summed E-state index contributed by atoms with van der Waals surface area (Å²) in [6.45, 7) is 0. The second kappa shape index (κ2) is 2.88. The topological polar surface area (TPSA) is 54.7 Å². The number of nitrogens with one attached hydrogen (secondary N) is 1. The highest BCUT2D eigenvalue weighted by Gasteiger charge is 2.07. The summed E-state index contributed by atoms with van der Waals surface area (Å²) in [6, 6.07) is 1.98. The highest BCUT2D eigenvalue weighted by molar-refractivity contribution is 14.1. The molecule has 0 fully saturated rings. The average molecular weight is 338 g/mol. The van der Waals surface area contributed by atoms with Gasteiger partial charge in [-0.3, -0.25) is 5.10 Å². The van der Waals surface area contributed by atoms with Gasteiger partial charge in [-0.2, -0.15) is 5.10 Å². The minimum Gasteiger partial charge on any atom is -0.396 e. The van der Waals surface area contributed by atoms with Crippen LogP contribution in [0.2, 0.25) is 0 Å². The van der Waals surface area contributed by atoms with Crippen molar-refractivity contribution in [3.05, 3.63) is 20.3 Å². The zero-order valence-electron chi connectivity index (χ0n) is 5.94. The maximum Gasteiger partial charge on any atom is 0.0901 e. The fourth-order valence-electron chi connectivity index (χ4n) is 1.06. The summed E-state index contributed by atoms with van der Waals surface area (Å²) < 4.78 is 2.04. The summed E-state index contributed by atoms with van der Waals surface area (Å²) in [7, 11) is 0. The molecule has 0 saturated carbocycles. The minimum atomic E-state index is 0.711. The van der Waals surface area contributed by atoms with Crippen LogP contribution < -0.4 is 5.73 Å². The van der Waals surface area contributed by atoms with Gasteiger partial charge in [-0.15, -0.1) is 0 Å². The fraction of sp³-hybridized carbons (Fsp3) is 0. The lowest BCUT2D eigenvalue weighted by Gasteiger charge is -2.00. The van der Waals surface area contributed by atoms with Gasteiger partial charge in [0.2, 0.25) is 0 Å². The molecule has 12 heavy (non-hydrogen) atoms. The van der Waals surface area contributed by atoms with Crippen LogP contribution in [0, 0.1) is 3.57 Å². The predicted octanol–water partition coefficient (Wildman–Crippen LogP) is 2.51. The van der Waals surface area contributed by atoms with Crippen LogP contribution >= 0.6 is 38.5 Å². The van der Waals surface area contributed by atoms with Gasteiger partial charge in [0.15, 0.2) is 0 Å². The number of hydrogen-bond donors (Lipinski definition) is 2. The predicted molar refractivity (Wildman–Crippen MR) is 60.9 cm³/mol. The van der Waals surface area contributed by atoms with Crippen molar-refractivity contribution < 1.29 is 0 Å². The molecule has 0 aliphatic rings. The Morgan fingerprint density at radius 2 is 2.33 bits per heavy atom. The molecule has 0 saturated heterocycles. The molecule has 3 N–H and O–H groups in total. The molecular formula is C7H5BrIN3. The molecule has 1 heterocycles. The second-order valence-electron chi connectivity index (χ2n) is 2.41. The lowest BCUT2D eigenvalue weighted by Crippen LogP contribution is -1.89. The quantitative estimate of drug-likeness (QED) is 0.573. The average Bonchev–Trinajstić information content (AvgIpc) is 2.48. The number of fused-ring (bicyclic) bond motifs is 1. The molecule has 0 atom stereocenters. The molecule has 3 nitrogen and oxygen atoms in total. The molecule has 2 rings (SSSR count). The van der Waals surface area contributed by atoms with E-state index in [0.717, 1.165) is 18.9 Å². The van der Waals surface area contributed by atoms with E-state index < -0.39 is 0 Å². The van der Waals surface area contributed by atoms with Crippen molar-refractivity contribution in [2.75, 3.05) is 5.73 Å². The number of halogens is 2. The van der Waals surface area contributed by atoms with Crippen LogP contribution in [0.5, 0.6) is 0 Å². The third kappa shape index (κ3) is 1.11. The van der Waals surface area contributed by atoms with Gasteiger partial charge in [0.05, 0.1) is 17.4 Å². The molecule has 0 aliphatic heterocycles. The summed E-state index contributed by atoms with van der Waals surface area (Å²) in [4.78, 5) is 0. The van der Waals surface area contributed by atoms with Crippen molar-refractivity contribution >= 4 is 55.1 Å². The maximum atomic E-state index is 5.81. The van der Waals surface area contributed by atoms with E-state index in [4.69, 9.17) is 5.73 Å². The monoisotopic (exact) mass is 337 g/mol. The SMILES string of the molecule is Nc1c(Br)cc(I)c2cn[nH]c12. The molecule has 1 aromatic carbocycles. The van der Waals surface area contributed by atoms with Crippen LogP contribution in [0.15, 0.2) is 16.7 Å². The third-order valence-electron chi connectivity index (χ3n) is 1.68. The number of hydrogen-bond acceptors (Lipinski definition) is 2. The van der Waals surface area contributed by atoms with Crippen molar-refractivity contribution in [1.82, 2.24) is 10.2 Å². The highest BCUT2D eigenvalue weighted by Crippen LogP contribution is 2.30. The van der Waals surface area contributed by atoms with Crippen LogP contribution in [0.3, 0.4) is 0 Å². The number of nitrogen functional groups attached to an aromatic ring is 1. The Morgan fingerprint density at radius 1 is 1.58 bits per heavy atom. The first-order chi connectivity index (χ1) is 5.70. The first kappa shape index (κ1) is 8.31. The van der Waals surface area contributed by atoms with E-state index in [0.29, 0.717) is 5.69 Å². The van der Waals surface area contributed by atoms with E-state index in [1.54, 1.807) is 6.20 Å². The summed E-state index contributed by atoms with van der Waals surface area (Å²) in [5, 5.41) is 7.86. The minimum absolute atomic E-state index is 0.711. The Balaban J connectivity index is 2.97. The number of nitrogens with two attached hydrogens (primary N) is 1. The lowest BCUT2D eigenvalue weighted by atomic mass is 10.2. The number of nitrogens with zero attached hydrogens (tertiary/aromatic N) is 1. The third-order valence-corrected chi connectivity index (χ3v) is 3.23. The summed E-state index contributed by atoms with van der Waals surface area (Å²) in [5.74, 6) is 0. The molecule has 0 amide bonds. The Bertz CT molecular complexity index is 437. The molecule has 0 bridgehead atoms. The number of aromatic nitrogens is 2. The van der Waals surface area contributed by atoms with E-state index in [1.807, 2.05) is 6.07 Å². The Hall–Kier alpha value is -0.300. The number of rotatable bonds is 0. The first-order valence-electron chi connectivity index (χ1n) is 3.26. The Kier molecular flexibility index (Phi) is 1.99. The van der Waals surface area contributed by atoms with Gasteiger partial charge in [-0.25, -0.2) is 0 Å². The first-order valence-corrected chi connectivity index (χ1v) is 5.14. The normalized spacial score (nSPS) is 10.8. The van der Waals surface area contributed by atoms with Crippen molar-refractivity contribution in [3.63, 3.8) is 0 Å². The number of aromatic amines is 1. The van der Waals surface area contributed by atoms with Gasteiger partial charge in [0, 0.05) is 13.4 Å². The van der Waals surface area contributed by atoms with Crippen LogP contribution in [0.25, 0.3) is 10.9 Å². The summed E-state index contributed by atoms with van der Waals surface area (Å²) >= 11 is 5.63. The van der Waals surface area contributed by atoms with Crippen LogP contribution in [-0.4, -0.2) is 10.2 Å². The van der Waals surface area contributed by atoms with Crippen LogP contribution in [-0.2, 0) is 0 Å². The van der Waals surface area contributed by atoms with Gasteiger partial charge >= 0.3 is 0 Å². The zero-order chi connectivity index (χ0) is 8.72. The molecule has 1 aromatic heterocycles. The van der Waals surface area contributed by atoms with E-state index in [1.165, 1.54) is 0 Å². The number of benzene rings is 1. The lowest BCUT2D eigenvalue weighted by molar-refractivity contribution is 1.12. The molecule has 0 aliphatic carbocycles. The molecule has 2 aromatic rings. The molecule has 62 valence electrons. The van der Waals surface area contributed by atoms with Crippen molar-refractivity contribution in [1.29, 1.82) is 0 Å². The van der Waals surface area contributed by atoms with Crippen molar-refractivity contribution in [3.8, 4) is 0 Å². The van der Waals surface area contributed by atoms with Crippen molar-refractivity contribution in [2.45, 2.75) is 0 Å². The molecule has 0 spiro atoms. The molecule has 5 heteroatoms. The summed E-state index contributed by atoms with van der Waals surface area (Å²) in [6.07, 6.45) is 1.78. The molecular weight excluding hydrogens is 333 g/mol. The maximum absolute atomic E-state index is 5.81. The molecule has 0 unspecified atom stereocenters. The highest BCUT2D eigenvalue weighted by atomic mass is 127. The van der Waals surface area contributed by atoms with Gasteiger partial charge in [0.25, 0.3) is 0 Å². The number of H-pyrrole nitrogens is 1. The van der Waals surface area contributed by atoms with Gasteiger partial charge in [-0.05, 0) is 44.6 Å². The zero-order valence-corrected chi connectivity index (χ0v) is 9.68. The smallest absolute Gasteiger partial charge is 0.0901 e.